The zero-order chi connectivity index (χ0) is 11.8. The number of hydrogen-bond acceptors (Lipinski definition) is 3. The molecule has 0 aliphatic carbocycles. The van der Waals surface area contributed by atoms with E-state index in [1.807, 2.05) is 26.2 Å². The molecular weight excluding hydrogens is 200 g/mol. The van der Waals surface area contributed by atoms with E-state index in [1.54, 1.807) is 0 Å². The van der Waals surface area contributed by atoms with Crippen molar-refractivity contribution >= 4 is 0 Å². The molecule has 0 radical (unpaired) electrons. The molecule has 0 amide bonds. The van der Waals surface area contributed by atoms with Gasteiger partial charge in [-0.2, -0.15) is 0 Å². The van der Waals surface area contributed by atoms with Gasteiger partial charge < -0.3 is 15.0 Å². The largest absolute Gasteiger partial charge is 0.492 e. The van der Waals surface area contributed by atoms with E-state index < -0.39 is 0 Å². The summed E-state index contributed by atoms with van der Waals surface area (Å²) in [5.74, 6) is 0.956. The summed E-state index contributed by atoms with van der Waals surface area (Å²) >= 11 is 0. The van der Waals surface area contributed by atoms with Crippen LogP contribution in [0, 0.1) is 0 Å². The van der Waals surface area contributed by atoms with Crippen LogP contribution in [-0.2, 0) is 6.54 Å². The van der Waals surface area contributed by atoms with Crippen molar-refractivity contribution in [3.63, 3.8) is 0 Å². The molecule has 0 heterocycles. The van der Waals surface area contributed by atoms with Crippen LogP contribution in [0.4, 0.5) is 0 Å². The predicted molar refractivity (Wildman–Crippen MR) is 67.9 cm³/mol. The Morgan fingerprint density at radius 2 is 2.12 bits per heavy atom. The third kappa shape index (κ3) is 5.14. The Morgan fingerprint density at radius 3 is 2.81 bits per heavy atom. The summed E-state index contributed by atoms with van der Waals surface area (Å²) in [7, 11) is 4.09. The first-order valence-electron chi connectivity index (χ1n) is 5.79. The minimum Gasteiger partial charge on any atom is -0.492 e. The number of nitrogens with zero attached hydrogens (tertiary/aromatic N) is 1. The summed E-state index contributed by atoms with van der Waals surface area (Å²) in [6.45, 7) is 5.68. The van der Waals surface area contributed by atoms with Crippen LogP contribution in [0.25, 0.3) is 0 Å². The highest BCUT2D eigenvalue weighted by Gasteiger charge is 1.97. The quantitative estimate of drug-likeness (QED) is 0.760. The van der Waals surface area contributed by atoms with Crippen molar-refractivity contribution in [1.82, 2.24) is 10.2 Å². The van der Waals surface area contributed by atoms with Gasteiger partial charge in [-0.25, -0.2) is 0 Å². The lowest BCUT2D eigenvalue weighted by atomic mass is 10.2. The van der Waals surface area contributed by atoms with E-state index in [9.17, 15) is 0 Å². The molecule has 0 aliphatic heterocycles. The van der Waals surface area contributed by atoms with E-state index in [2.05, 4.69) is 29.3 Å². The molecule has 0 spiro atoms. The van der Waals surface area contributed by atoms with Crippen molar-refractivity contribution in [2.75, 3.05) is 33.8 Å². The smallest absolute Gasteiger partial charge is 0.119 e. The molecule has 0 saturated heterocycles. The lowest BCUT2D eigenvalue weighted by molar-refractivity contribution is 0.261. The monoisotopic (exact) mass is 222 g/mol. The van der Waals surface area contributed by atoms with Gasteiger partial charge in [-0.1, -0.05) is 19.1 Å². The summed E-state index contributed by atoms with van der Waals surface area (Å²) < 4.78 is 5.67. The molecule has 1 N–H and O–H groups in total. The second kappa shape index (κ2) is 7.25. The molecule has 0 aromatic heterocycles. The highest BCUT2D eigenvalue weighted by atomic mass is 16.5. The second-order valence-electron chi connectivity index (χ2n) is 4.08. The van der Waals surface area contributed by atoms with Gasteiger partial charge >= 0.3 is 0 Å². The van der Waals surface area contributed by atoms with Gasteiger partial charge in [-0.15, -0.1) is 0 Å². The van der Waals surface area contributed by atoms with Crippen LogP contribution >= 0.6 is 0 Å². The maximum Gasteiger partial charge on any atom is 0.119 e. The highest BCUT2D eigenvalue weighted by Crippen LogP contribution is 2.12. The van der Waals surface area contributed by atoms with Crippen LogP contribution < -0.4 is 10.1 Å². The zero-order valence-electron chi connectivity index (χ0n) is 10.5. The van der Waals surface area contributed by atoms with Crippen molar-refractivity contribution in [3.8, 4) is 5.75 Å². The molecule has 16 heavy (non-hydrogen) atoms. The number of rotatable bonds is 7. The Labute approximate surface area is 98.4 Å². The molecule has 0 atom stereocenters. The molecule has 1 aromatic carbocycles. The Kier molecular flexibility index (Phi) is 5.90. The van der Waals surface area contributed by atoms with Gasteiger partial charge in [0.25, 0.3) is 0 Å². The fraction of sp³-hybridized carbons (Fsp3) is 0.538. The molecule has 0 aliphatic rings. The van der Waals surface area contributed by atoms with Crippen LogP contribution in [0.1, 0.15) is 12.5 Å². The van der Waals surface area contributed by atoms with Gasteiger partial charge in [0.05, 0.1) is 0 Å². The molecule has 0 saturated carbocycles. The average molecular weight is 222 g/mol. The standard InChI is InChI=1S/C13H22N2O/c1-4-14-11-12-6-5-7-13(10-12)16-9-8-15(2)3/h5-7,10,14H,4,8-9,11H2,1-3H3. The SMILES string of the molecule is CCNCc1cccc(OCCN(C)C)c1. The third-order valence-electron chi connectivity index (χ3n) is 2.28. The van der Waals surface area contributed by atoms with Crippen molar-refractivity contribution in [3.05, 3.63) is 29.8 Å². The normalized spacial score (nSPS) is 10.8. The summed E-state index contributed by atoms with van der Waals surface area (Å²) in [6.07, 6.45) is 0. The van der Waals surface area contributed by atoms with Crippen molar-refractivity contribution in [2.24, 2.45) is 0 Å². The van der Waals surface area contributed by atoms with Crippen LogP contribution in [0.2, 0.25) is 0 Å². The Morgan fingerprint density at radius 1 is 1.31 bits per heavy atom. The summed E-state index contributed by atoms with van der Waals surface area (Å²) in [6, 6.07) is 8.25. The minimum atomic E-state index is 0.734. The predicted octanol–water partition coefficient (Wildman–Crippen LogP) is 1.74. The van der Waals surface area contributed by atoms with E-state index in [1.165, 1.54) is 5.56 Å². The van der Waals surface area contributed by atoms with E-state index in [4.69, 9.17) is 4.74 Å². The van der Waals surface area contributed by atoms with E-state index in [-0.39, 0.29) is 0 Å². The Balaban J connectivity index is 2.40. The molecule has 1 rings (SSSR count). The molecule has 90 valence electrons. The number of benzene rings is 1. The first-order valence-corrected chi connectivity index (χ1v) is 5.79. The molecule has 1 aromatic rings. The number of nitrogens with one attached hydrogen (secondary N) is 1. The average Bonchev–Trinajstić information content (AvgIpc) is 2.26. The van der Waals surface area contributed by atoms with E-state index in [0.29, 0.717) is 0 Å². The highest BCUT2D eigenvalue weighted by molar-refractivity contribution is 5.28. The van der Waals surface area contributed by atoms with Crippen molar-refractivity contribution in [2.45, 2.75) is 13.5 Å². The molecule has 3 heteroatoms. The molecular formula is C13H22N2O. The van der Waals surface area contributed by atoms with Gasteiger partial charge in [-0.3, -0.25) is 0 Å². The van der Waals surface area contributed by atoms with Crippen LogP contribution in [0.5, 0.6) is 5.75 Å². The van der Waals surface area contributed by atoms with Gasteiger partial charge in [0, 0.05) is 13.1 Å². The fourth-order valence-electron chi connectivity index (χ4n) is 1.36. The number of hydrogen-bond donors (Lipinski definition) is 1. The van der Waals surface area contributed by atoms with Crippen LogP contribution in [-0.4, -0.2) is 38.7 Å². The molecule has 0 unspecified atom stereocenters. The minimum absolute atomic E-state index is 0.734. The van der Waals surface area contributed by atoms with Crippen molar-refractivity contribution in [1.29, 1.82) is 0 Å². The number of ether oxygens (including phenoxy) is 1. The zero-order valence-corrected chi connectivity index (χ0v) is 10.5. The molecule has 0 bridgehead atoms. The van der Waals surface area contributed by atoms with Gasteiger partial charge in [0.2, 0.25) is 0 Å². The van der Waals surface area contributed by atoms with Gasteiger partial charge in [-0.05, 0) is 38.3 Å². The Bertz CT molecular complexity index is 300. The third-order valence-corrected chi connectivity index (χ3v) is 2.28. The van der Waals surface area contributed by atoms with Gasteiger partial charge in [0.1, 0.15) is 12.4 Å². The lowest BCUT2D eigenvalue weighted by Gasteiger charge is -2.11. The first-order chi connectivity index (χ1) is 7.72. The lowest BCUT2D eigenvalue weighted by Crippen LogP contribution is -2.19. The van der Waals surface area contributed by atoms with Gasteiger partial charge in [0.15, 0.2) is 0 Å². The fourth-order valence-corrected chi connectivity index (χ4v) is 1.36. The number of likely N-dealkylation sites (N-methyl/N-ethyl adjacent to an activating group) is 1. The first kappa shape index (κ1) is 13.0. The van der Waals surface area contributed by atoms with Crippen LogP contribution in [0.15, 0.2) is 24.3 Å². The van der Waals surface area contributed by atoms with E-state index >= 15 is 0 Å². The molecule has 0 fully saturated rings. The maximum absolute atomic E-state index is 5.67. The molecule has 3 nitrogen and oxygen atoms in total. The van der Waals surface area contributed by atoms with E-state index in [0.717, 1.165) is 32.0 Å². The topological polar surface area (TPSA) is 24.5 Å². The van der Waals surface area contributed by atoms with Crippen LogP contribution in [0.3, 0.4) is 0 Å². The van der Waals surface area contributed by atoms with Crippen molar-refractivity contribution < 1.29 is 4.74 Å². The summed E-state index contributed by atoms with van der Waals surface area (Å²) in [5.41, 5.74) is 1.27. The summed E-state index contributed by atoms with van der Waals surface area (Å²) in [4.78, 5) is 2.11. The maximum atomic E-state index is 5.67. The summed E-state index contributed by atoms with van der Waals surface area (Å²) in [5, 5.41) is 3.30. The Hall–Kier alpha value is -1.06. The second-order valence-corrected chi connectivity index (χ2v) is 4.08.